The molecule has 1 heterocycles. The Kier molecular flexibility index (Phi) is 3.21. The highest BCUT2D eigenvalue weighted by Gasteiger charge is 2.13. The van der Waals surface area contributed by atoms with E-state index in [1.807, 2.05) is 0 Å². The molecule has 1 amide bonds. The lowest BCUT2D eigenvalue weighted by atomic mass is 10.2. The number of hydrogen-bond acceptors (Lipinski definition) is 5. The highest BCUT2D eigenvalue weighted by Crippen LogP contribution is 2.27. The maximum Gasteiger partial charge on any atom is 0.221 e. The van der Waals surface area contributed by atoms with E-state index in [4.69, 9.17) is 0 Å². The van der Waals surface area contributed by atoms with E-state index in [2.05, 4.69) is 5.32 Å². The van der Waals surface area contributed by atoms with Crippen LogP contribution in [0.3, 0.4) is 0 Å². The van der Waals surface area contributed by atoms with Crippen LogP contribution in [0.25, 0.3) is 0 Å². The monoisotopic (exact) mass is 226 g/mol. The minimum Gasteiger partial charge on any atom is -0.545 e. The fourth-order valence-corrected chi connectivity index (χ4v) is 1.96. The molecular weight excluding hydrogens is 218 g/mol. The maximum atomic E-state index is 11.0. The topological polar surface area (TPSA) is 86.3 Å². The zero-order valence-corrected chi connectivity index (χ0v) is 8.94. The minimum absolute atomic E-state index is 0.132. The summed E-state index contributed by atoms with van der Waals surface area (Å²) >= 11 is 0.922. The Labute approximate surface area is 89.7 Å². The van der Waals surface area contributed by atoms with E-state index in [-0.39, 0.29) is 21.2 Å². The molecule has 5 nitrogen and oxygen atoms in total. The molecule has 1 N–H and O–H groups in total. The Morgan fingerprint density at radius 1 is 1.33 bits per heavy atom. The van der Waals surface area contributed by atoms with E-state index < -0.39 is 11.9 Å². The van der Waals surface area contributed by atoms with Crippen molar-refractivity contribution in [1.29, 1.82) is 0 Å². The molecule has 1 aromatic heterocycles. The molecule has 6 heteroatoms. The Bertz CT molecular complexity index is 435. The lowest BCUT2D eigenvalue weighted by Gasteiger charge is -2.03. The summed E-state index contributed by atoms with van der Waals surface area (Å²) in [4.78, 5) is 32.7. The molecule has 0 aliphatic heterocycles. The van der Waals surface area contributed by atoms with Gasteiger partial charge in [-0.25, -0.2) is 0 Å². The van der Waals surface area contributed by atoms with Gasteiger partial charge in [0.25, 0.3) is 0 Å². The van der Waals surface area contributed by atoms with E-state index in [0.29, 0.717) is 0 Å². The normalized spacial score (nSPS) is 9.73. The minimum atomic E-state index is -1.41. The molecular formula is C9H8NO4S-. The second kappa shape index (κ2) is 4.22. The Morgan fingerprint density at radius 3 is 2.33 bits per heavy atom. The molecule has 0 atom stereocenters. The summed E-state index contributed by atoms with van der Waals surface area (Å²) in [5, 5.41) is 13.1. The van der Waals surface area contributed by atoms with Gasteiger partial charge < -0.3 is 15.2 Å². The van der Waals surface area contributed by atoms with E-state index in [0.717, 1.165) is 11.3 Å². The van der Waals surface area contributed by atoms with Crippen LogP contribution in [-0.4, -0.2) is 17.7 Å². The van der Waals surface area contributed by atoms with Gasteiger partial charge in [-0.1, -0.05) is 0 Å². The number of nitrogens with one attached hydrogen (secondary N) is 1. The van der Waals surface area contributed by atoms with Crippen molar-refractivity contribution >= 4 is 34.0 Å². The predicted molar refractivity (Wildman–Crippen MR) is 53.0 cm³/mol. The van der Waals surface area contributed by atoms with E-state index in [1.54, 1.807) is 0 Å². The Balaban J connectivity index is 3.17. The van der Waals surface area contributed by atoms with Crippen molar-refractivity contribution < 1.29 is 19.5 Å². The zero-order valence-electron chi connectivity index (χ0n) is 8.12. The summed E-state index contributed by atoms with van der Waals surface area (Å²) in [6.07, 6.45) is 0. The number of anilines is 1. The lowest BCUT2D eigenvalue weighted by Crippen LogP contribution is -2.23. The van der Waals surface area contributed by atoms with Gasteiger partial charge in [-0.2, -0.15) is 0 Å². The van der Waals surface area contributed by atoms with Gasteiger partial charge in [0, 0.05) is 12.5 Å². The molecule has 0 saturated heterocycles. The Morgan fingerprint density at radius 2 is 1.93 bits per heavy atom. The van der Waals surface area contributed by atoms with Crippen LogP contribution in [0.15, 0.2) is 6.07 Å². The first-order valence-electron chi connectivity index (χ1n) is 4.05. The van der Waals surface area contributed by atoms with Crippen molar-refractivity contribution in [2.24, 2.45) is 0 Å². The first kappa shape index (κ1) is 11.4. The number of carbonyl (C=O) groups is 3. The molecule has 0 bridgehead atoms. The molecule has 0 aromatic carbocycles. The third-order valence-corrected chi connectivity index (χ3v) is 2.74. The fraction of sp³-hybridized carbons (Fsp3) is 0.222. The molecule has 0 spiro atoms. The number of ketones is 1. The quantitative estimate of drug-likeness (QED) is 0.749. The van der Waals surface area contributed by atoms with Crippen LogP contribution >= 0.6 is 11.3 Å². The highest BCUT2D eigenvalue weighted by molar-refractivity contribution is 7.18. The number of carbonyl (C=O) groups excluding carboxylic acids is 3. The first-order chi connectivity index (χ1) is 6.91. The van der Waals surface area contributed by atoms with E-state index >= 15 is 0 Å². The van der Waals surface area contributed by atoms with Crippen molar-refractivity contribution in [2.45, 2.75) is 13.8 Å². The van der Waals surface area contributed by atoms with E-state index in [1.165, 1.54) is 19.9 Å². The summed E-state index contributed by atoms with van der Waals surface area (Å²) in [5.74, 6) is -2.06. The molecule has 1 rings (SSSR count). The molecule has 0 aliphatic carbocycles. The molecule has 1 aromatic rings. The van der Waals surface area contributed by atoms with Crippen molar-refractivity contribution in [3.8, 4) is 0 Å². The van der Waals surface area contributed by atoms with Crippen LogP contribution in [0.1, 0.15) is 33.9 Å². The SMILES string of the molecule is CC(=O)Nc1sc(C(C)=O)cc1C(=O)[O-]. The molecule has 80 valence electrons. The number of carboxylic acid groups (broad SMARTS) is 1. The van der Waals surface area contributed by atoms with Gasteiger partial charge in [0.05, 0.1) is 10.8 Å². The molecule has 0 aliphatic rings. The number of rotatable bonds is 3. The van der Waals surface area contributed by atoms with Crippen LogP contribution < -0.4 is 10.4 Å². The number of amides is 1. The second-order valence-corrected chi connectivity index (χ2v) is 3.93. The summed E-state index contributed by atoms with van der Waals surface area (Å²) in [7, 11) is 0. The van der Waals surface area contributed by atoms with Crippen LogP contribution in [0.2, 0.25) is 0 Å². The summed E-state index contributed by atoms with van der Waals surface area (Å²) in [5.41, 5.74) is -0.166. The van der Waals surface area contributed by atoms with Gasteiger partial charge in [-0.05, 0) is 13.0 Å². The Hall–Kier alpha value is -1.69. The molecule has 0 radical (unpaired) electrons. The average Bonchev–Trinajstić information content (AvgIpc) is 2.46. The smallest absolute Gasteiger partial charge is 0.221 e. The van der Waals surface area contributed by atoms with Crippen LogP contribution in [0.5, 0.6) is 0 Å². The van der Waals surface area contributed by atoms with Gasteiger partial charge in [0.2, 0.25) is 5.91 Å². The first-order valence-corrected chi connectivity index (χ1v) is 4.87. The third kappa shape index (κ3) is 2.63. The van der Waals surface area contributed by atoms with Gasteiger partial charge in [0.15, 0.2) is 5.78 Å². The molecule has 0 unspecified atom stereocenters. The zero-order chi connectivity index (χ0) is 11.6. The summed E-state index contributed by atoms with van der Waals surface area (Å²) in [6, 6.07) is 1.20. The van der Waals surface area contributed by atoms with Gasteiger partial charge in [-0.3, -0.25) is 9.59 Å². The maximum absolute atomic E-state index is 11.0. The second-order valence-electron chi connectivity index (χ2n) is 2.88. The van der Waals surface area contributed by atoms with Crippen molar-refractivity contribution in [3.63, 3.8) is 0 Å². The van der Waals surface area contributed by atoms with Crippen molar-refractivity contribution in [1.82, 2.24) is 0 Å². The molecule has 0 saturated carbocycles. The number of thiophene rings is 1. The largest absolute Gasteiger partial charge is 0.545 e. The number of aromatic carboxylic acids is 1. The van der Waals surface area contributed by atoms with Crippen LogP contribution in [0, 0.1) is 0 Å². The van der Waals surface area contributed by atoms with Gasteiger partial charge in [0.1, 0.15) is 5.00 Å². The summed E-state index contributed by atoms with van der Waals surface area (Å²) in [6.45, 7) is 2.58. The highest BCUT2D eigenvalue weighted by atomic mass is 32.1. The predicted octanol–water partition coefficient (Wildman–Crippen LogP) is 0.273. The van der Waals surface area contributed by atoms with Crippen LogP contribution in [-0.2, 0) is 4.79 Å². The number of carboxylic acids is 1. The van der Waals surface area contributed by atoms with Gasteiger partial charge >= 0.3 is 0 Å². The van der Waals surface area contributed by atoms with E-state index in [9.17, 15) is 19.5 Å². The van der Waals surface area contributed by atoms with Crippen molar-refractivity contribution in [2.75, 3.05) is 5.32 Å². The average molecular weight is 226 g/mol. The molecule has 15 heavy (non-hydrogen) atoms. The molecule has 0 fully saturated rings. The van der Waals surface area contributed by atoms with Crippen LogP contribution in [0.4, 0.5) is 5.00 Å². The third-order valence-electron chi connectivity index (χ3n) is 1.59. The fourth-order valence-electron chi connectivity index (χ4n) is 0.969. The van der Waals surface area contributed by atoms with Gasteiger partial charge in [-0.15, -0.1) is 11.3 Å². The summed E-state index contributed by atoms with van der Waals surface area (Å²) < 4.78 is 0. The standard InChI is InChI=1S/C9H9NO4S/c1-4(11)7-3-6(9(13)14)8(15-7)10-5(2)12/h3H,1-2H3,(H,10,12)(H,13,14)/p-1. The number of Topliss-reactive ketones (excluding diaryl/α,β-unsaturated/α-hetero) is 1. The number of hydrogen-bond donors (Lipinski definition) is 1. The van der Waals surface area contributed by atoms with Crippen molar-refractivity contribution in [3.05, 3.63) is 16.5 Å². The lowest BCUT2D eigenvalue weighted by molar-refractivity contribution is -0.254.